The van der Waals surface area contributed by atoms with Crippen molar-refractivity contribution in [3.05, 3.63) is 27.2 Å². The summed E-state index contributed by atoms with van der Waals surface area (Å²) in [6, 6.07) is 3.45. The summed E-state index contributed by atoms with van der Waals surface area (Å²) < 4.78 is 5.49. The maximum Gasteiger partial charge on any atom is 0.340 e. The topological polar surface area (TPSA) is 38.3 Å². The fraction of sp³-hybridized carbons (Fsp3) is 0.417. The molecule has 0 amide bonds. The van der Waals surface area contributed by atoms with E-state index < -0.39 is 5.97 Å². The molecule has 0 aromatic heterocycles. The second kappa shape index (κ2) is 6.87. The van der Waals surface area contributed by atoms with Gasteiger partial charge < -0.3 is 10.1 Å². The maximum absolute atomic E-state index is 11.6. The lowest BCUT2D eigenvalue weighted by Crippen LogP contribution is -2.10. The first-order chi connectivity index (χ1) is 8.10. The van der Waals surface area contributed by atoms with Gasteiger partial charge in [-0.2, -0.15) is 0 Å². The van der Waals surface area contributed by atoms with Crippen molar-refractivity contribution in [3.63, 3.8) is 0 Å². The second-order valence-electron chi connectivity index (χ2n) is 3.58. The maximum atomic E-state index is 11.6. The molecule has 1 aromatic carbocycles. The second-order valence-corrected chi connectivity index (χ2v) is 4.90. The van der Waals surface area contributed by atoms with Gasteiger partial charge in [0.15, 0.2) is 0 Å². The Balaban J connectivity index is 3.03. The zero-order chi connectivity index (χ0) is 12.8. The third kappa shape index (κ3) is 3.89. The Hall–Kier alpha value is -0.740. The predicted octanol–water partition coefficient (Wildman–Crippen LogP) is 4.10. The van der Waals surface area contributed by atoms with Crippen LogP contribution in [0.15, 0.2) is 16.6 Å². The van der Waals surface area contributed by atoms with Crippen molar-refractivity contribution in [2.24, 2.45) is 0 Å². The molecule has 0 aliphatic rings. The first-order valence-corrected chi connectivity index (χ1v) is 6.58. The third-order valence-corrected chi connectivity index (χ3v) is 3.05. The molecule has 0 bridgehead atoms. The number of unbranched alkanes of at least 4 members (excludes halogenated alkanes) is 1. The van der Waals surface area contributed by atoms with E-state index >= 15 is 0 Å². The molecule has 0 radical (unpaired) electrons. The zero-order valence-corrected chi connectivity index (χ0v) is 12.2. The molecule has 0 unspecified atom stereocenters. The van der Waals surface area contributed by atoms with Crippen LogP contribution in [-0.4, -0.2) is 19.6 Å². The summed E-state index contributed by atoms with van der Waals surface area (Å²) in [4.78, 5) is 11.6. The molecule has 0 saturated heterocycles. The van der Waals surface area contributed by atoms with Crippen LogP contribution in [0.4, 0.5) is 5.69 Å². The van der Waals surface area contributed by atoms with Gasteiger partial charge in [0.2, 0.25) is 0 Å². The zero-order valence-electron chi connectivity index (χ0n) is 9.85. The number of hydrogen-bond acceptors (Lipinski definition) is 3. The molecule has 1 aromatic rings. The smallest absolute Gasteiger partial charge is 0.340 e. The summed E-state index contributed by atoms with van der Waals surface area (Å²) >= 11 is 9.42. The molecule has 94 valence electrons. The molecule has 17 heavy (non-hydrogen) atoms. The van der Waals surface area contributed by atoms with Crippen molar-refractivity contribution in [3.8, 4) is 0 Å². The Morgan fingerprint density at radius 2 is 2.24 bits per heavy atom. The third-order valence-electron chi connectivity index (χ3n) is 2.29. The van der Waals surface area contributed by atoms with Crippen LogP contribution in [0.25, 0.3) is 0 Å². The van der Waals surface area contributed by atoms with E-state index in [1.54, 1.807) is 12.1 Å². The summed E-state index contributed by atoms with van der Waals surface area (Å²) in [5.41, 5.74) is 1.08. The largest absolute Gasteiger partial charge is 0.465 e. The molecule has 0 aliphatic carbocycles. The Labute approximate surface area is 115 Å². The highest BCUT2D eigenvalue weighted by atomic mass is 79.9. The summed E-state index contributed by atoms with van der Waals surface area (Å²) in [7, 11) is 1.35. The number of carbonyl (C=O) groups is 1. The van der Waals surface area contributed by atoms with Gasteiger partial charge in [0.05, 0.1) is 23.4 Å². The quantitative estimate of drug-likeness (QED) is 0.655. The minimum Gasteiger partial charge on any atom is -0.465 e. The van der Waals surface area contributed by atoms with Crippen molar-refractivity contribution in [2.45, 2.75) is 19.8 Å². The highest BCUT2D eigenvalue weighted by Gasteiger charge is 2.15. The van der Waals surface area contributed by atoms with E-state index in [-0.39, 0.29) is 0 Å². The molecule has 0 spiro atoms. The number of rotatable bonds is 5. The van der Waals surface area contributed by atoms with E-state index in [0.717, 1.165) is 23.9 Å². The molecule has 0 saturated carbocycles. The molecular weight excluding hydrogens is 305 g/mol. The normalized spacial score (nSPS) is 10.1. The van der Waals surface area contributed by atoms with E-state index in [9.17, 15) is 4.79 Å². The molecule has 0 atom stereocenters. The van der Waals surface area contributed by atoms with E-state index in [0.29, 0.717) is 16.3 Å². The van der Waals surface area contributed by atoms with Gasteiger partial charge in [0.1, 0.15) is 0 Å². The van der Waals surface area contributed by atoms with E-state index in [4.69, 9.17) is 16.3 Å². The monoisotopic (exact) mass is 319 g/mol. The van der Waals surface area contributed by atoms with Gasteiger partial charge in [-0.3, -0.25) is 0 Å². The minimum atomic E-state index is -0.396. The van der Waals surface area contributed by atoms with Gasteiger partial charge >= 0.3 is 5.97 Å². The highest BCUT2D eigenvalue weighted by Crippen LogP contribution is 2.30. The van der Waals surface area contributed by atoms with Gasteiger partial charge in [-0.15, -0.1) is 0 Å². The van der Waals surface area contributed by atoms with Crippen molar-refractivity contribution in [1.29, 1.82) is 0 Å². The molecule has 0 heterocycles. The molecule has 1 rings (SSSR count). The SMILES string of the molecule is CCCCNc1c(Cl)cc(Br)cc1C(=O)OC. The van der Waals surface area contributed by atoms with Gasteiger partial charge in [0.25, 0.3) is 0 Å². The number of benzene rings is 1. The van der Waals surface area contributed by atoms with Crippen LogP contribution >= 0.6 is 27.5 Å². The Morgan fingerprint density at radius 3 is 2.82 bits per heavy atom. The molecule has 0 aliphatic heterocycles. The standard InChI is InChI=1S/C12H15BrClNO2/c1-3-4-5-15-11-9(12(16)17-2)6-8(13)7-10(11)14/h6-7,15H,3-5H2,1-2H3. The van der Waals surface area contributed by atoms with E-state index in [1.165, 1.54) is 7.11 Å². The summed E-state index contributed by atoms with van der Waals surface area (Å²) in [6.45, 7) is 2.88. The summed E-state index contributed by atoms with van der Waals surface area (Å²) in [5.74, 6) is -0.396. The number of esters is 1. The fourth-order valence-corrected chi connectivity index (χ4v) is 2.29. The molecule has 5 heteroatoms. The Morgan fingerprint density at radius 1 is 1.53 bits per heavy atom. The lowest BCUT2D eigenvalue weighted by molar-refractivity contribution is 0.0601. The number of hydrogen-bond donors (Lipinski definition) is 1. The van der Waals surface area contributed by atoms with Crippen LogP contribution in [0.2, 0.25) is 5.02 Å². The number of methoxy groups -OCH3 is 1. The van der Waals surface area contributed by atoms with E-state index in [2.05, 4.69) is 28.2 Å². The van der Waals surface area contributed by atoms with Crippen molar-refractivity contribution in [1.82, 2.24) is 0 Å². The van der Waals surface area contributed by atoms with Gasteiger partial charge in [0, 0.05) is 11.0 Å². The van der Waals surface area contributed by atoms with Gasteiger partial charge in [-0.25, -0.2) is 4.79 Å². The Kier molecular flexibility index (Phi) is 5.78. The van der Waals surface area contributed by atoms with E-state index in [1.807, 2.05) is 0 Å². The summed E-state index contributed by atoms with van der Waals surface area (Å²) in [5, 5.41) is 3.68. The molecule has 3 nitrogen and oxygen atoms in total. The van der Waals surface area contributed by atoms with Crippen LogP contribution in [0.1, 0.15) is 30.1 Å². The van der Waals surface area contributed by atoms with Crippen molar-refractivity contribution < 1.29 is 9.53 Å². The first kappa shape index (κ1) is 14.3. The van der Waals surface area contributed by atoms with Crippen molar-refractivity contribution >= 4 is 39.2 Å². The number of nitrogens with one attached hydrogen (secondary N) is 1. The average molecular weight is 321 g/mol. The van der Waals surface area contributed by atoms with Crippen LogP contribution in [0.3, 0.4) is 0 Å². The van der Waals surface area contributed by atoms with Crippen LogP contribution in [-0.2, 0) is 4.74 Å². The molecule has 0 fully saturated rings. The number of carbonyl (C=O) groups excluding carboxylic acids is 1. The summed E-state index contributed by atoms with van der Waals surface area (Å²) in [6.07, 6.45) is 2.10. The highest BCUT2D eigenvalue weighted by molar-refractivity contribution is 9.10. The predicted molar refractivity (Wildman–Crippen MR) is 73.9 cm³/mol. The molecule has 1 N–H and O–H groups in total. The lowest BCUT2D eigenvalue weighted by atomic mass is 10.1. The molecular formula is C12H15BrClNO2. The lowest BCUT2D eigenvalue weighted by Gasteiger charge is -2.13. The Bertz CT molecular complexity index is 410. The van der Waals surface area contributed by atoms with Gasteiger partial charge in [-0.1, -0.05) is 40.9 Å². The first-order valence-electron chi connectivity index (χ1n) is 5.41. The number of halogens is 2. The van der Waals surface area contributed by atoms with Crippen molar-refractivity contribution in [2.75, 3.05) is 19.0 Å². The number of ether oxygens (including phenoxy) is 1. The average Bonchev–Trinajstić information content (AvgIpc) is 2.30. The van der Waals surface area contributed by atoms with Gasteiger partial charge in [-0.05, 0) is 18.6 Å². The minimum absolute atomic E-state index is 0.396. The fourth-order valence-electron chi connectivity index (χ4n) is 1.41. The van der Waals surface area contributed by atoms with Crippen LogP contribution in [0.5, 0.6) is 0 Å². The van der Waals surface area contributed by atoms with Crippen LogP contribution in [0, 0.1) is 0 Å². The van der Waals surface area contributed by atoms with Crippen LogP contribution < -0.4 is 5.32 Å². The number of anilines is 1.